The van der Waals surface area contributed by atoms with Crippen LogP contribution in [0.4, 0.5) is 5.82 Å². The van der Waals surface area contributed by atoms with Crippen molar-refractivity contribution in [3.8, 4) is 11.5 Å². The minimum Gasteiger partial charge on any atom is -0.493 e. The first-order valence-corrected chi connectivity index (χ1v) is 10.9. The van der Waals surface area contributed by atoms with E-state index in [1.165, 1.54) is 4.90 Å². The molecule has 1 aliphatic carbocycles. The van der Waals surface area contributed by atoms with Gasteiger partial charge in [0, 0.05) is 24.6 Å². The minimum absolute atomic E-state index is 0.0462. The molecule has 170 valence electrons. The second kappa shape index (κ2) is 9.42. The molecule has 3 amide bonds. The molecule has 1 saturated carbocycles. The van der Waals surface area contributed by atoms with Crippen LogP contribution in [-0.4, -0.2) is 53.2 Å². The van der Waals surface area contributed by atoms with Gasteiger partial charge in [-0.15, -0.1) is 0 Å². The molecule has 2 aromatic rings. The van der Waals surface area contributed by atoms with Gasteiger partial charge in [-0.1, -0.05) is 25.0 Å². The summed E-state index contributed by atoms with van der Waals surface area (Å²) >= 11 is 0. The molecule has 9 nitrogen and oxygen atoms in total. The van der Waals surface area contributed by atoms with Gasteiger partial charge in [-0.2, -0.15) is 5.10 Å². The normalized spacial score (nSPS) is 20.2. The lowest BCUT2D eigenvalue weighted by atomic mass is 9.81. The number of carbonyl (C=O) groups excluding carboxylic acids is 3. The fourth-order valence-electron chi connectivity index (χ4n) is 4.67. The van der Waals surface area contributed by atoms with Crippen molar-refractivity contribution in [1.29, 1.82) is 0 Å². The standard InChI is InChI=1S/C23H28N4O5/c1-31-18-9-5-6-15(21(18)32-2)14-27-19(10-12-24-27)25-20(28)11-13-26-22(29)16-7-3-4-8-17(16)23(26)30/h5-6,9-10,12,16-17H,3-4,7-8,11,13-14H2,1-2H3,(H,25,28)/t16-,17-/m0/s1. The first-order valence-electron chi connectivity index (χ1n) is 10.9. The topological polar surface area (TPSA) is 103 Å². The number of hydrogen-bond donors (Lipinski definition) is 1. The SMILES string of the molecule is COc1cccc(Cn2nccc2NC(=O)CCN2C(=O)[C@H]3CCCC[C@@H]3C2=O)c1OC. The molecule has 4 rings (SSSR count). The van der Waals surface area contributed by atoms with Crippen LogP contribution in [0.1, 0.15) is 37.7 Å². The fraction of sp³-hybridized carbons (Fsp3) is 0.478. The van der Waals surface area contributed by atoms with E-state index >= 15 is 0 Å². The molecule has 1 aromatic carbocycles. The van der Waals surface area contributed by atoms with E-state index in [2.05, 4.69) is 10.4 Å². The van der Waals surface area contributed by atoms with Crippen molar-refractivity contribution in [3.05, 3.63) is 36.0 Å². The number of para-hydroxylation sites is 1. The van der Waals surface area contributed by atoms with Crippen LogP contribution in [0.3, 0.4) is 0 Å². The molecule has 2 heterocycles. The molecule has 9 heteroatoms. The third-order valence-corrected chi connectivity index (χ3v) is 6.28. The molecule has 2 atom stereocenters. The van der Waals surface area contributed by atoms with Crippen LogP contribution < -0.4 is 14.8 Å². The van der Waals surface area contributed by atoms with E-state index in [1.807, 2.05) is 18.2 Å². The summed E-state index contributed by atoms with van der Waals surface area (Å²) in [5, 5.41) is 7.13. The van der Waals surface area contributed by atoms with Crippen LogP contribution >= 0.6 is 0 Å². The number of nitrogens with one attached hydrogen (secondary N) is 1. The largest absolute Gasteiger partial charge is 0.493 e. The van der Waals surface area contributed by atoms with E-state index in [0.29, 0.717) is 23.9 Å². The average molecular weight is 441 g/mol. The van der Waals surface area contributed by atoms with Crippen LogP contribution in [0.25, 0.3) is 0 Å². The van der Waals surface area contributed by atoms with Gasteiger partial charge in [0.15, 0.2) is 11.5 Å². The molecule has 1 N–H and O–H groups in total. The number of hydrogen-bond acceptors (Lipinski definition) is 6. The highest BCUT2D eigenvalue weighted by Gasteiger charge is 2.47. The van der Waals surface area contributed by atoms with Crippen molar-refractivity contribution < 1.29 is 23.9 Å². The molecule has 1 aromatic heterocycles. The smallest absolute Gasteiger partial charge is 0.233 e. The van der Waals surface area contributed by atoms with Gasteiger partial charge >= 0.3 is 0 Å². The number of carbonyl (C=O) groups is 3. The Balaban J connectivity index is 1.38. The zero-order valence-corrected chi connectivity index (χ0v) is 18.4. The molecule has 1 saturated heterocycles. The lowest BCUT2D eigenvalue weighted by molar-refractivity contribution is -0.140. The van der Waals surface area contributed by atoms with Crippen molar-refractivity contribution in [2.75, 3.05) is 26.1 Å². The van der Waals surface area contributed by atoms with Crippen molar-refractivity contribution in [3.63, 3.8) is 0 Å². The average Bonchev–Trinajstić information content (AvgIpc) is 3.34. The summed E-state index contributed by atoms with van der Waals surface area (Å²) in [7, 11) is 3.15. The van der Waals surface area contributed by atoms with Crippen molar-refractivity contribution >= 4 is 23.5 Å². The number of anilines is 1. The Kier molecular flexibility index (Phi) is 6.43. The number of methoxy groups -OCH3 is 2. The number of rotatable bonds is 8. The Morgan fingerprint density at radius 2 is 1.81 bits per heavy atom. The zero-order valence-electron chi connectivity index (χ0n) is 18.4. The maximum absolute atomic E-state index is 12.6. The molecular formula is C23H28N4O5. The lowest BCUT2D eigenvalue weighted by Crippen LogP contribution is -2.34. The summed E-state index contributed by atoms with van der Waals surface area (Å²) in [6.45, 7) is 0.476. The summed E-state index contributed by atoms with van der Waals surface area (Å²) in [6, 6.07) is 7.27. The maximum atomic E-state index is 12.6. The number of ether oxygens (including phenoxy) is 2. The highest BCUT2D eigenvalue weighted by Crippen LogP contribution is 2.38. The van der Waals surface area contributed by atoms with Crippen LogP contribution in [0.2, 0.25) is 0 Å². The molecular weight excluding hydrogens is 412 g/mol. The van der Waals surface area contributed by atoms with E-state index < -0.39 is 0 Å². The van der Waals surface area contributed by atoms with E-state index in [4.69, 9.17) is 9.47 Å². The Labute approximate surface area is 186 Å². The molecule has 0 unspecified atom stereocenters. The summed E-state index contributed by atoms with van der Waals surface area (Å²) in [5.41, 5.74) is 0.849. The van der Waals surface area contributed by atoms with Crippen LogP contribution in [0.15, 0.2) is 30.5 Å². The maximum Gasteiger partial charge on any atom is 0.233 e. The van der Waals surface area contributed by atoms with Crippen molar-refractivity contribution in [2.24, 2.45) is 11.8 Å². The van der Waals surface area contributed by atoms with E-state index in [9.17, 15) is 14.4 Å². The van der Waals surface area contributed by atoms with Gasteiger partial charge in [0.05, 0.1) is 38.8 Å². The van der Waals surface area contributed by atoms with E-state index in [-0.39, 0.29) is 42.5 Å². The molecule has 0 radical (unpaired) electrons. The predicted octanol–water partition coefficient (Wildman–Crippen LogP) is 2.45. The Morgan fingerprint density at radius 1 is 1.09 bits per heavy atom. The zero-order chi connectivity index (χ0) is 22.7. The number of imide groups is 1. The monoisotopic (exact) mass is 440 g/mol. The number of amides is 3. The number of likely N-dealkylation sites (tertiary alicyclic amines) is 1. The van der Waals surface area contributed by atoms with Gasteiger partial charge in [0.1, 0.15) is 5.82 Å². The summed E-state index contributed by atoms with van der Waals surface area (Å²) < 4.78 is 12.5. The second-order valence-corrected chi connectivity index (χ2v) is 8.15. The summed E-state index contributed by atoms with van der Waals surface area (Å²) in [5.74, 6) is 0.827. The number of fused-ring (bicyclic) bond motifs is 1. The van der Waals surface area contributed by atoms with Gasteiger partial charge in [-0.25, -0.2) is 4.68 Å². The predicted molar refractivity (Wildman–Crippen MR) is 116 cm³/mol. The van der Waals surface area contributed by atoms with Crippen LogP contribution in [0, 0.1) is 11.8 Å². The molecule has 2 aliphatic rings. The molecule has 0 spiro atoms. The van der Waals surface area contributed by atoms with Crippen molar-refractivity contribution in [1.82, 2.24) is 14.7 Å². The molecule has 1 aliphatic heterocycles. The number of benzene rings is 1. The highest BCUT2D eigenvalue weighted by atomic mass is 16.5. The Bertz CT molecular complexity index is 994. The van der Waals surface area contributed by atoms with Gasteiger partial charge in [0.2, 0.25) is 17.7 Å². The highest BCUT2D eigenvalue weighted by molar-refractivity contribution is 6.05. The lowest BCUT2D eigenvalue weighted by Gasteiger charge is -2.19. The Morgan fingerprint density at radius 3 is 2.47 bits per heavy atom. The first-order chi connectivity index (χ1) is 15.5. The van der Waals surface area contributed by atoms with Crippen LogP contribution in [-0.2, 0) is 20.9 Å². The van der Waals surface area contributed by atoms with Gasteiger partial charge in [-0.3, -0.25) is 19.3 Å². The fourth-order valence-corrected chi connectivity index (χ4v) is 4.67. The second-order valence-electron chi connectivity index (χ2n) is 8.15. The van der Waals surface area contributed by atoms with Gasteiger partial charge in [-0.05, 0) is 18.9 Å². The third kappa shape index (κ3) is 4.19. The third-order valence-electron chi connectivity index (χ3n) is 6.28. The minimum atomic E-state index is -0.278. The van der Waals surface area contributed by atoms with E-state index in [1.54, 1.807) is 31.2 Å². The number of nitrogens with zero attached hydrogens (tertiary/aromatic N) is 3. The summed E-state index contributed by atoms with van der Waals surface area (Å²) in [6.07, 6.45) is 5.15. The quantitative estimate of drug-likeness (QED) is 0.633. The first kappa shape index (κ1) is 21.9. The van der Waals surface area contributed by atoms with Gasteiger partial charge in [0.25, 0.3) is 0 Å². The Hall–Kier alpha value is -3.36. The van der Waals surface area contributed by atoms with E-state index in [0.717, 1.165) is 31.2 Å². The summed E-state index contributed by atoms with van der Waals surface area (Å²) in [4.78, 5) is 39.0. The molecule has 2 fully saturated rings. The van der Waals surface area contributed by atoms with Crippen LogP contribution in [0.5, 0.6) is 11.5 Å². The molecule has 0 bridgehead atoms. The van der Waals surface area contributed by atoms with Crippen molar-refractivity contribution in [2.45, 2.75) is 38.6 Å². The number of aromatic nitrogens is 2. The molecule has 32 heavy (non-hydrogen) atoms. The van der Waals surface area contributed by atoms with Gasteiger partial charge < -0.3 is 14.8 Å².